The zero-order valence-corrected chi connectivity index (χ0v) is 12.2. The smallest absolute Gasteiger partial charge is 0.346 e. The van der Waals surface area contributed by atoms with Crippen LogP contribution >= 0.6 is 0 Å². The Balaban J connectivity index is 2.15. The molecular weight excluding hydrogens is 269 g/mol. The molecule has 1 saturated carbocycles. The Morgan fingerprint density at radius 1 is 1.35 bits per heavy atom. The van der Waals surface area contributed by atoms with Crippen LogP contribution in [-0.4, -0.2) is 31.2 Å². The first-order valence-corrected chi connectivity index (χ1v) is 7.36. The molecule has 0 aromatic rings. The SMILES string of the molecule is CC1CCCC(CCNC(C)C(=O)NCC(F)(F)F)C1. The fourth-order valence-electron chi connectivity index (χ4n) is 2.76. The fraction of sp³-hybridized carbons (Fsp3) is 0.929. The van der Waals surface area contributed by atoms with Crippen LogP contribution in [0, 0.1) is 11.8 Å². The number of hydrogen-bond donors (Lipinski definition) is 2. The minimum atomic E-state index is -4.35. The summed E-state index contributed by atoms with van der Waals surface area (Å²) in [5.74, 6) is 0.845. The number of alkyl halides is 3. The lowest BCUT2D eigenvalue weighted by Gasteiger charge is -2.27. The van der Waals surface area contributed by atoms with E-state index in [1.807, 2.05) is 5.32 Å². The van der Waals surface area contributed by atoms with Crippen LogP contribution in [0.1, 0.15) is 46.0 Å². The Bertz CT molecular complexity index is 307. The molecule has 0 aromatic heterocycles. The third-order valence-electron chi connectivity index (χ3n) is 3.90. The van der Waals surface area contributed by atoms with Crippen molar-refractivity contribution in [1.82, 2.24) is 10.6 Å². The van der Waals surface area contributed by atoms with Gasteiger partial charge in [-0.15, -0.1) is 0 Å². The van der Waals surface area contributed by atoms with Crippen LogP contribution in [0.4, 0.5) is 13.2 Å². The molecular formula is C14H25F3N2O. The number of carbonyl (C=O) groups is 1. The van der Waals surface area contributed by atoms with Gasteiger partial charge in [0.05, 0.1) is 6.04 Å². The van der Waals surface area contributed by atoms with E-state index in [0.29, 0.717) is 12.5 Å². The fourth-order valence-corrected chi connectivity index (χ4v) is 2.76. The van der Waals surface area contributed by atoms with Gasteiger partial charge >= 0.3 is 6.18 Å². The van der Waals surface area contributed by atoms with Gasteiger partial charge in [-0.3, -0.25) is 4.79 Å². The van der Waals surface area contributed by atoms with E-state index in [9.17, 15) is 18.0 Å². The predicted octanol–water partition coefficient (Wildman–Crippen LogP) is 2.86. The van der Waals surface area contributed by atoms with Gasteiger partial charge in [-0.1, -0.05) is 26.2 Å². The van der Waals surface area contributed by atoms with Crippen molar-refractivity contribution in [2.45, 2.75) is 58.2 Å². The molecule has 3 nitrogen and oxygen atoms in total. The van der Waals surface area contributed by atoms with Crippen molar-refractivity contribution in [3.63, 3.8) is 0 Å². The Labute approximate surface area is 118 Å². The summed E-state index contributed by atoms with van der Waals surface area (Å²) >= 11 is 0. The highest BCUT2D eigenvalue weighted by atomic mass is 19.4. The summed E-state index contributed by atoms with van der Waals surface area (Å²) in [5, 5.41) is 4.89. The molecule has 0 aliphatic heterocycles. The summed E-state index contributed by atoms with van der Waals surface area (Å²) in [6.45, 7) is 3.26. The van der Waals surface area contributed by atoms with Gasteiger partial charge < -0.3 is 10.6 Å². The third kappa shape index (κ3) is 7.12. The molecule has 1 aliphatic carbocycles. The molecule has 20 heavy (non-hydrogen) atoms. The lowest BCUT2D eigenvalue weighted by molar-refractivity contribution is -0.139. The summed E-state index contributed by atoms with van der Waals surface area (Å²) in [6, 6.07) is -0.585. The van der Waals surface area contributed by atoms with E-state index in [1.165, 1.54) is 25.7 Å². The number of amides is 1. The van der Waals surface area contributed by atoms with Crippen molar-refractivity contribution in [1.29, 1.82) is 0 Å². The Morgan fingerprint density at radius 2 is 2.05 bits per heavy atom. The van der Waals surface area contributed by atoms with E-state index in [1.54, 1.807) is 6.92 Å². The van der Waals surface area contributed by atoms with Crippen molar-refractivity contribution in [3.05, 3.63) is 0 Å². The minimum Gasteiger partial charge on any atom is -0.346 e. The van der Waals surface area contributed by atoms with Crippen LogP contribution in [0.15, 0.2) is 0 Å². The molecule has 2 N–H and O–H groups in total. The van der Waals surface area contributed by atoms with Crippen molar-refractivity contribution in [2.75, 3.05) is 13.1 Å². The topological polar surface area (TPSA) is 41.1 Å². The number of rotatable bonds is 6. The molecule has 1 amide bonds. The van der Waals surface area contributed by atoms with E-state index in [0.717, 1.165) is 12.3 Å². The van der Waals surface area contributed by atoms with E-state index < -0.39 is 24.7 Å². The first kappa shape index (κ1) is 17.3. The molecule has 0 saturated heterocycles. The van der Waals surface area contributed by atoms with Crippen molar-refractivity contribution < 1.29 is 18.0 Å². The normalized spacial score (nSPS) is 25.2. The maximum Gasteiger partial charge on any atom is 0.405 e. The zero-order chi connectivity index (χ0) is 15.2. The van der Waals surface area contributed by atoms with Crippen LogP contribution in [0.3, 0.4) is 0 Å². The second kappa shape index (κ2) is 7.86. The molecule has 3 atom stereocenters. The van der Waals surface area contributed by atoms with Crippen LogP contribution in [0.5, 0.6) is 0 Å². The molecule has 1 fully saturated rings. The van der Waals surface area contributed by atoms with E-state index in [4.69, 9.17) is 0 Å². The van der Waals surface area contributed by atoms with Crippen LogP contribution in [0.2, 0.25) is 0 Å². The van der Waals surface area contributed by atoms with Gasteiger partial charge in [0.1, 0.15) is 6.54 Å². The molecule has 3 unspecified atom stereocenters. The van der Waals surface area contributed by atoms with Crippen molar-refractivity contribution >= 4 is 5.91 Å². The summed E-state index contributed by atoms with van der Waals surface area (Å²) in [5.41, 5.74) is 0. The average molecular weight is 294 g/mol. The molecule has 118 valence electrons. The largest absolute Gasteiger partial charge is 0.405 e. The van der Waals surface area contributed by atoms with Gasteiger partial charge in [0.25, 0.3) is 0 Å². The highest BCUT2D eigenvalue weighted by Gasteiger charge is 2.28. The highest BCUT2D eigenvalue weighted by Crippen LogP contribution is 2.30. The number of nitrogens with one attached hydrogen (secondary N) is 2. The molecule has 0 spiro atoms. The lowest BCUT2D eigenvalue weighted by Crippen LogP contribution is -2.45. The average Bonchev–Trinajstić information content (AvgIpc) is 2.35. The molecule has 0 radical (unpaired) electrons. The monoisotopic (exact) mass is 294 g/mol. The Kier molecular flexibility index (Phi) is 6.79. The van der Waals surface area contributed by atoms with Gasteiger partial charge in [-0.2, -0.15) is 13.2 Å². The van der Waals surface area contributed by atoms with Gasteiger partial charge in [0, 0.05) is 0 Å². The van der Waals surface area contributed by atoms with Crippen LogP contribution < -0.4 is 10.6 Å². The van der Waals surface area contributed by atoms with Gasteiger partial charge in [-0.05, 0) is 38.1 Å². The molecule has 0 aromatic carbocycles. The number of hydrogen-bond acceptors (Lipinski definition) is 2. The van der Waals surface area contributed by atoms with Crippen LogP contribution in [-0.2, 0) is 4.79 Å². The Hall–Kier alpha value is -0.780. The van der Waals surface area contributed by atoms with Crippen molar-refractivity contribution in [2.24, 2.45) is 11.8 Å². The molecule has 0 bridgehead atoms. The number of halogens is 3. The van der Waals surface area contributed by atoms with E-state index in [2.05, 4.69) is 12.2 Å². The molecule has 6 heteroatoms. The summed E-state index contributed by atoms with van der Waals surface area (Å²) < 4.78 is 35.9. The van der Waals surface area contributed by atoms with E-state index in [-0.39, 0.29) is 0 Å². The zero-order valence-electron chi connectivity index (χ0n) is 12.2. The standard InChI is InChI=1S/C14H25F3N2O/c1-10-4-3-5-12(8-10)6-7-18-11(2)13(20)19-9-14(15,16)17/h10-12,18H,3-9H2,1-2H3,(H,19,20). The first-order valence-electron chi connectivity index (χ1n) is 7.36. The second-order valence-corrected chi connectivity index (χ2v) is 5.94. The van der Waals surface area contributed by atoms with Gasteiger partial charge in [-0.25, -0.2) is 0 Å². The predicted molar refractivity (Wildman–Crippen MR) is 72.3 cm³/mol. The molecule has 1 aliphatic rings. The lowest BCUT2D eigenvalue weighted by atomic mass is 9.81. The maximum absolute atomic E-state index is 12.0. The number of carbonyl (C=O) groups excluding carboxylic acids is 1. The second-order valence-electron chi connectivity index (χ2n) is 5.94. The minimum absolute atomic E-state index is 0.585. The summed E-state index contributed by atoms with van der Waals surface area (Å²) in [4.78, 5) is 11.5. The quantitative estimate of drug-likeness (QED) is 0.791. The third-order valence-corrected chi connectivity index (χ3v) is 3.90. The van der Waals surface area contributed by atoms with E-state index >= 15 is 0 Å². The van der Waals surface area contributed by atoms with Gasteiger partial charge in [0.2, 0.25) is 5.91 Å². The summed E-state index contributed by atoms with van der Waals surface area (Å²) in [6.07, 6.45) is 1.62. The molecule has 0 heterocycles. The maximum atomic E-state index is 12.0. The van der Waals surface area contributed by atoms with Gasteiger partial charge in [0.15, 0.2) is 0 Å². The Morgan fingerprint density at radius 3 is 2.65 bits per heavy atom. The van der Waals surface area contributed by atoms with Crippen LogP contribution in [0.25, 0.3) is 0 Å². The molecule has 1 rings (SSSR count). The first-order chi connectivity index (χ1) is 9.28. The van der Waals surface area contributed by atoms with Crippen molar-refractivity contribution in [3.8, 4) is 0 Å². The summed E-state index contributed by atoms with van der Waals surface area (Å²) in [7, 11) is 0. The highest BCUT2D eigenvalue weighted by molar-refractivity contribution is 5.81.